The lowest BCUT2D eigenvalue weighted by molar-refractivity contribution is 0.0697. The van der Waals surface area contributed by atoms with Gasteiger partial charge in [0.05, 0.1) is 11.3 Å². The molecule has 0 unspecified atom stereocenters. The van der Waals surface area contributed by atoms with E-state index in [4.69, 9.17) is 16.7 Å². The summed E-state index contributed by atoms with van der Waals surface area (Å²) < 4.78 is 0. The van der Waals surface area contributed by atoms with E-state index < -0.39 is 5.97 Å². The maximum absolute atomic E-state index is 11.0. The first-order chi connectivity index (χ1) is 8.47. The van der Waals surface area contributed by atoms with Crippen LogP contribution in [-0.4, -0.2) is 16.1 Å². The van der Waals surface area contributed by atoms with E-state index in [1.807, 2.05) is 32.0 Å². The molecule has 1 heterocycles. The molecule has 0 aliphatic carbocycles. The zero-order valence-corrected chi connectivity index (χ0v) is 10.8. The predicted octanol–water partition coefficient (Wildman–Crippen LogP) is 3.72. The van der Waals surface area contributed by atoms with Gasteiger partial charge in [0, 0.05) is 5.56 Å². The van der Waals surface area contributed by atoms with Crippen LogP contribution in [0.15, 0.2) is 30.3 Å². The standard InChI is InChI=1S/C14H12ClNO2/c1-8-3-4-9(2)11(5-8)12-6-10(14(17)18)7-13(15)16-12/h3-7H,1-2H3,(H,17,18). The molecule has 0 atom stereocenters. The number of aromatic carboxylic acids is 1. The van der Waals surface area contributed by atoms with Crippen molar-refractivity contribution in [2.75, 3.05) is 0 Å². The number of halogens is 1. The number of hydrogen-bond acceptors (Lipinski definition) is 2. The lowest BCUT2D eigenvalue weighted by atomic mass is 10.0. The molecule has 0 aliphatic rings. The van der Waals surface area contributed by atoms with E-state index in [1.54, 1.807) is 0 Å². The summed E-state index contributed by atoms with van der Waals surface area (Å²) in [6.07, 6.45) is 0. The van der Waals surface area contributed by atoms with E-state index in [2.05, 4.69) is 4.98 Å². The van der Waals surface area contributed by atoms with Crippen molar-refractivity contribution in [3.63, 3.8) is 0 Å². The number of carbonyl (C=O) groups is 1. The Morgan fingerprint density at radius 3 is 2.61 bits per heavy atom. The third-order valence-electron chi connectivity index (χ3n) is 2.71. The SMILES string of the molecule is Cc1ccc(C)c(-c2cc(C(=O)O)cc(Cl)n2)c1. The number of carboxylic acid groups (broad SMARTS) is 1. The molecule has 2 aromatic rings. The molecule has 18 heavy (non-hydrogen) atoms. The Bertz CT molecular complexity index is 623. The van der Waals surface area contributed by atoms with Crippen molar-refractivity contribution < 1.29 is 9.90 Å². The van der Waals surface area contributed by atoms with Crippen LogP contribution in [-0.2, 0) is 0 Å². The molecule has 92 valence electrons. The van der Waals surface area contributed by atoms with Crippen LogP contribution >= 0.6 is 11.6 Å². The monoisotopic (exact) mass is 261 g/mol. The zero-order valence-electron chi connectivity index (χ0n) is 10.1. The molecule has 0 saturated carbocycles. The van der Waals surface area contributed by atoms with Gasteiger partial charge in [-0.15, -0.1) is 0 Å². The zero-order chi connectivity index (χ0) is 13.3. The number of benzene rings is 1. The first-order valence-electron chi connectivity index (χ1n) is 5.46. The van der Waals surface area contributed by atoms with E-state index in [1.165, 1.54) is 12.1 Å². The van der Waals surface area contributed by atoms with Crippen LogP contribution in [0.3, 0.4) is 0 Å². The Morgan fingerprint density at radius 1 is 1.22 bits per heavy atom. The van der Waals surface area contributed by atoms with Gasteiger partial charge < -0.3 is 5.11 Å². The van der Waals surface area contributed by atoms with Gasteiger partial charge in [-0.05, 0) is 37.6 Å². The molecule has 0 aliphatic heterocycles. The number of nitrogens with zero attached hydrogens (tertiary/aromatic N) is 1. The molecule has 1 aromatic heterocycles. The van der Waals surface area contributed by atoms with E-state index in [9.17, 15) is 4.79 Å². The fourth-order valence-electron chi connectivity index (χ4n) is 1.77. The quantitative estimate of drug-likeness (QED) is 0.839. The molecule has 1 aromatic carbocycles. The van der Waals surface area contributed by atoms with Gasteiger partial charge in [0.2, 0.25) is 0 Å². The molecule has 0 bridgehead atoms. The van der Waals surface area contributed by atoms with Crippen molar-refractivity contribution in [3.8, 4) is 11.3 Å². The summed E-state index contributed by atoms with van der Waals surface area (Å²) in [6.45, 7) is 3.93. The number of pyridine rings is 1. The van der Waals surface area contributed by atoms with Crippen LogP contribution in [0.25, 0.3) is 11.3 Å². The maximum atomic E-state index is 11.0. The van der Waals surface area contributed by atoms with Crippen LogP contribution in [0.4, 0.5) is 0 Å². The van der Waals surface area contributed by atoms with Crippen molar-refractivity contribution in [3.05, 3.63) is 52.2 Å². The number of aryl methyl sites for hydroxylation is 2. The highest BCUT2D eigenvalue weighted by atomic mass is 35.5. The molecule has 4 heteroatoms. The Morgan fingerprint density at radius 2 is 1.94 bits per heavy atom. The topological polar surface area (TPSA) is 50.2 Å². The molecule has 2 rings (SSSR count). The first-order valence-corrected chi connectivity index (χ1v) is 5.83. The van der Waals surface area contributed by atoms with Crippen LogP contribution in [0.5, 0.6) is 0 Å². The molecule has 3 nitrogen and oxygen atoms in total. The fourth-order valence-corrected chi connectivity index (χ4v) is 1.98. The van der Waals surface area contributed by atoms with E-state index >= 15 is 0 Å². The van der Waals surface area contributed by atoms with Crippen molar-refractivity contribution in [1.29, 1.82) is 0 Å². The van der Waals surface area contributed by atoms with Crippen LogP contribution in [0, 0.1) is 13.8 Å². The van der Waals surface area contributed by atoms with Gasteiger partial charge in [0.25, 0.3) is 0 Å². The lowest BCUT2D eigenvalue weighted by Crippen LogP contribution is -1.99. The van der Waals surface area contributed by atoms with Gasteiger partial charge in [-0.3, -0.25) is 0 Å². The minimum Gasteiger partial charge on any atom is -0.478 e. The average Bonchev–Trinajstić information content (AvgIpc) is 2.31. The molecule has 0 saturated heterocycles. The highest BCUT2D eigenvalue weighted by Crippen LogP contribution is 2.25. The molecule has 0 fully saturated rings. The smallest absolute Gasteiger partial charge is 0.335 e. The first kappa shape index (κ1) is 12.6. The van der Waals surface area contributed by atoms with E-state index in [0.717, 1.165) is 16.7 Å². The summed E-state index contributed by atoms with van der Waals surface area (Å²) in [5, 5.41) is 9.20. The number of carboxylic acids is 1. The predicted molar refractivity (Wildman–Crippen MR) is 71.1 cm³/mol. The van der Waals surface area contributed by atoms with Gasteiger partial charge >= 0.3 is 5.97 Å². The number of aromatic nitrogens is 1. The lowest BCUT2D eigenvalue weighted by Gasteiger charge is -2.08. The van der Waals surface area contributed by atoms with Crippen molar-refractivity contribution in [2.45, 2.75) is 13.8 Å². The summed E-state index contributed by atoms with van der Waals surface area (Å²) in [7, 11) is 0. The molecule has 0 radical (unpaired) electrons. The Labute approximate surface area is 110 Å². The second-order valence-electron chi connectivity index (χ2n) is 4.19. The molecule has 1 N–H and O–H groups in total. The average molecular weight is 262 g/mol. The summed E-state index contributed by atoms with van der Waals surface area (Å²) >= 11 is 5.86. The molecule has 0 amide bonds. The highest BCUT2D eigenvalue weighted by Gasteiger charge is 2.10. The minimum atomic E-state index is -1.01. The Kier molecular flexibility index (Phi) is 3.34. The molecular weight excluding hydrogens is 250 g/mol. The Balaban J connectivity index is 2.63. The maximum Gasteiger partial charge on any atom is 0.335 e. The van der Waals surface area contributed by atoms with Crippen LogP contribution in [0.1, 0.15) is 21.5 Å². The van der Waals surface area contributed by atoms with Gasteiger partial charge in [-0.1, -0.05) is 29.3 Å². The van der Waals surface area contributed by atoms with Crippen molar-refractivity contribution in [1.82, 2.24) is 4.98 Å². The number of hydrogen-bond donors (Lipinski definition) is 1. The minimum absolute atomic E-state index is 0.144. The van der Waals surface area contributed by atoms with E-state index in [0.29, 0.717) is 5.69 Å². The van der Waals surface area contributed by atoms with Gasteiger partial charge in [0.1, 0.15) is 5.15 Å². The van der Waals surface area contributed by atoms with Crippen LogP contribution in [0.2, 0.25) is 5.15 Å². The van der Waals surface area contributed by atoms with Gasteiger partial charge in [-0.2, -0.15) is 0 Å². The molecular formula is C14H12ClNO2. The summed E-state index contributed by atoms with van der Waals surface area (Å²) in [4.78, 5) is 15.2. The van der Waals surface area contributed by atoms with E-state index in [-0.39, 0.29) is 10.7 Å². The third kappa shape index (κ3) is 2.51. The normalized spacial score (nSPS) is 10.4. The van der Waals surface area contributed by atoms with Crippen molar-refractivity contribution >= 4 is 17.6 Å². The second kappa shape index (κ2) is 4.78. The summed E-state index contributed by atoms with van der Waals surface area (Å²) in [5.74, 6) is -1.01. The third-order valence-corrected chi connectivity index (χ3v) is 2.90. The highest BCUT2D eigenvalue weighted by molar-refractivity contribution is 6.29. The summed E-state index contributed by atoms with van der Waals surface area (Å²) in [5.41, 5.74) is 3.76. The van der Waals surface area contributed by atoms with Crippen LogP contribution < -0.4 is 0 Å². The largest absolute Gasteiger partial charge is 0.478 e. The molecule has 0 spiro atoms. The van der Waals surface area contributed by atoms with Gasteiger partial charge in [0.15, 0.2) is 0 Å². The summed E-state index contributed by atoms with van der Waals surface area (Å²) in [6, 6.07) is 8.84. The second-order valence-corrected chi connectivity index (χ2v) is 4.57. The number of rotatable bonds is 2. The Hall–Kier alpha value is -1.87. The van der Waals surface area contributed by atoms with Crippen molar-refractivity contribution in [2.24, 2.45) is 0 Å². The fraction of sp³-hybridized carbons (Fsp3) is 0.143. The van der Waals surface area contributed by atoms with Gasteiger partial charge in [-0.25, -0.2) is 9.78 Å².